The van der Waals surface area contributed by atoms with Crippen molar-refractivity contribution in [3.63, 3.8) is 0 Å². The second kappa shape index (κ2) is 6.39. The zero-order valence-corrected chi connectivity index (χ0v) is 12.0. The Morgan fingerprint density at radius 3 is 2.84 bits per heavy atom. The molecule has 1 aromatic heterocycles. The predicted molar refractivity (Wildman–Crippen MR) is 74.6 cm³/mol. The molecule has 0 unspecified atom stereocenters. The Morgan fingerprint density at radius 2 is 2.21 bits per heavy atom. The second-order valence-electron chi connectivity index (χ2n) is 4.64. The molecule has 19 heavy (non-hydrogen) atoms. The van der Waals surface area contributed by atoms with Crippen molar-refractivity contribution in [3.8, 4) is 0 Å². The minimum atomic E-state index is -0.896. The van der Waals surface area contributed by atoms with Crippen LogP contribution in [-0.4, -0.2) is 34.5 Å². The van der Waals surface area contributed by atoms with Crippen LogP contribution >= 0.6 is 22.9 Å². The number of carboxylic acid groups (broad SMARTS) is 1. The number of aryl methyl sites for hydroxylation is 1. The summed E-state index contributed by atoms with van der Waals surface area (Å²) in [5, 5.41) is 9.14. The molecule has 1 aromatic rings. The lowest BCUT2D eigenvalue weighted by Gasteiger charge is -2.33. The Kier molecular flexibility index (Phi) is 4.82. The number of carboxylic acids is 1. The summed E-state index contributed by atoms with van der Waals surface area (Å²) in [7, 11) is 0. The predicted octanol–water partition coefficient (Wildman–Crippen LogP) is 2.80. The number of hydrogen-bond donors (Lipinski definition) is 1. The van der Waals surface area contributed by atoms with Gasteiger partial charge in [0.05, 0.1) is 4.34 Å². The van der Waals surface area contributed by atoms with Crippen LogP contribution in [0.1, 0.15) is 30.6 Å². The van der Waals surface area contributed by atoms with Gasteiger partial charge in [-0.25, -0.2) is 4.79 Å². The largest absolute Gasteiger partial charge is 0.480 e. The van der Waals surface area contributed by atoms with Gasteiger partial charge in [-0.15, -0.1) is 11.3 Å². The zero-order valence-electron chi connectivity index (χ0n) is 10.5. The van der Waals surface area contributed by atoms with Gasteiger partial charge in [0.1, 0.15) is 6.04 Å². The van der Waals surface area contributed by atoms with E-state index in [1.165, 1.54) is 16.2 Å². The number of piperidine rings is 1. The summed E-state index contributed by atoms with van der Waals surface area (Å²) in [6.45, 7) is 0.557. The summed E-state index contributed by atoms with van der Waals surface area (Å²) < 4.78 is 0.712. The van der Waals surface area contributed by atoms with Crippen LogP contribution in [0.5, 0.6) is 0 Å². The van der Waals surface area contributed by atoms with E-state index >= 15 is 0 Å². The molecule has 0 saturated carbocycles. The van der Waals surface area contributed by atoms with E-state index in [2.05, 4.69) is 0 Å². The fraction of sp³-hybridized carbons (Fsp3) is 0.538. The molecule has 1 fully saturated rings. The number of carbonyl (C=O) groups excluding carboxylic acids is 1. The summed E-state index contributed by atoms with van der Waals surface area (Å²) in [5.41, 5.74) is 0. The molecule has 1 atom stereocenters. The fourth-order valence-corrected chi connectivity index (χ4v) is 3.43. The topological polar surface area (TPSA) is 57.6 Å². The number of nitrogens with zero attached hydrogens (tertiary/aromatic N) is 1. The Labute approximate surface area is 121 Å². The molecule has 1 N–H and O–H groups in total. The van der Waals surface area contributed by atoms with Gasteiger partial charge in [-0.1, -0.05) is 11.6 Å². The summed E-state index contributed by atoms with van der Waals surface area (Å²) >= 11 is 7.30. The summed E-state index contributed by atoms with van der Waals surface area (Å²) in [5.74, 6) is -0.969. The average molecular weight is 302 g/mol. The molecule has 0 radical (unpaired) electrons. The highest BCUT2D eigenvalue weighted by molar-refractivity contribution is 7.16. The van der Waals surface area contributed by atoms with E-state index in [1.807, 2.05) is 12.1 Å². The van der Waals surface area contributed by atoms with Crippen LogP contribution in [0, 0.1) is 0 Å². The Balaban J connectivity index is 1.92. The Morgan fingerprint density at radius 1 is 1.42 bits per heavy atom. The van der Waals surface area contributed by atoms with E-state index in [0.717, 1.165) is 17.7 Å². The van der Waals surface area contributed by atoms with Gasteiger partial charge in [-0.3, -0.25) is 4.79 Å². The first kappa shape index (κ1) is 14.3. The molecule has 0 bridgehead atoms. The van der Waals surface area contributed by atoms with Crippen molar-refractivity contribution in [1.82, 2.24) is 4.90 Å². The molecule has 0 spiro atoms. The molecule has 0 aromatic carbocycles. The van der Waals surface area contributed by atoms with E-state index in [-0.39, 0.29) is 5.91 Å². The molecule has 6 heteroatoms. The third-order valence-electron chi connectivity index (χ3n) is 3.32. The van der Waals surface area contributed by atoms with Gasteiger partial charge in [0.2, 0.25) is 5.91 Å². The number of hydrogen-bond acceptors (Lipinski definition) is 3. The van der Waals surface area contributed by atoms with Crippen LogP contribution in [0.2, 0.25) is 4.34 Å². The Bertz CT molecular complexity index is 474. The van der Waals surface area contributed by atoms with E-state index in [4.69, 9.17) is 16.7 Å². The molecule has 104 valence electrons. The number of amides is 1. The zero-order chi connectivity index (χ0) is 13.8. The van der Waals surface area contributed by atoms with Crippen LogP contribution < -0.4 is 0 Å². The summed E-state index contributed by atoms with van der Waals surface area (Å²) in [6, 6.07) is 3.08. The maximum atomic E-state index is 12.1. The van der Waals surface area contributed by atoms with Crippen molar-refractivity contribution in [2.45, 2.75) is 38.1 Å². The standard InChI is InChI=1S/C13H16ClNO3S/c14-11-6-4-9(19-11)5-7-12(16)15-8-2-1-3-10(15)13(17)18/h4,6,10H,1-3,5,7-8H2,(H,17,18)/t10-/m0/s1. The second-order valence-corrected chi connectivity index (χ2v) is 6.44. The monoisotopic (exact) mass is 301 g/mol. The molecular formula is C13H16ClNO3S. The highest BCUT2D eigenvalue weighted by Gasteiger charge is 2.31. The van der Waals surface area contributed by atoms with Gasteiger partial charge >= 0.3 is 5.97 Å². The molecular weight excluding hydrogens is 286 g/mol. The lowest BCUT2D eigenvalue weighted by Crippen LogP contribution is -2.48. The number of rotatable bonds is 4. The lowest BCUT2D eigenvalue weighted by atomic mass is 10.0. The number of carbonyl (C=O) groups is 2. The summed E-state index contributed by atoms with van der Waals surface area (Å²) in [6.07, 6.45) is 3.30. The first-order valence-electron chi connectivity index (χ1n) is 6.34. The minimum absolute atomic E-state index is 0.0726. The van der Waals surface area contributed by atoms with Crippen molar-refractivity contribution in [2.24, 2.45) is 0 Å². The van der Waals surface area contributed by atoms with E-state index in [1.54, 1.807) is 0 Å². The van der Waals surface area contributed by atoms with Gasteiger partial charge in [0.15, 0.2) is 0 Å². The highest BCUT2D eigenvalue weighted by Crippen LogP contribution is 2.24. The van der Waals surface area contributed by atoms with Gasteiger partial charge in [-0.2, -0.15) is 0 Å². The molecule has 4 nitrogen and oxygen atoms in total. The number of aliphatic carboxylic acids is 1. The first-order valence-corrected chi connectivity index (χ1v) is 7.54. The molecule has 2 rings (SSSR count). The van der Waals surface area contributed by atoms with Crippen molar-refractivity contribution in [3.05, 3.63) is 21.3 Å². The molecule has 1 aliphatic rings. The lowest BCUT2D eigenvalue weighted by molar-refractivity contribution is -0.152. The third kappa shape index (κ3) is 3.70. The molecule has 2 heterocycles. The molecule has 1 saturated heterocycles. The Hall–Kier alpha value is -1.07. The normalized spacial score (nSPS) is 19.4. The number of likely N-dealkylation sites (tertiary alicyclic amines) is 1. The van der Waals surface area contributed by atoms with Gasteiger partial charge in [0, 0.05) is 17.8 Å². The van der Waals surface area contributed by atoms with Gasteiger partial charge in [0.25, 0.3) is 0 Å². The van der Waals surface area contributed by atoms with Crippen LogP contribution in [0.4, 0.5) is 0 Å². The number of halogens is 1. The maximum absolute atomic E-state index is 12.1. The highest BCUT2D eigenvalue weighted by atomic mass is 35.5. The third-order valence-corrected chi connectivity index (χ3v) is 4.61. The van der Waals surface area contributed by atoms with Crippen LogP contribution in [0.3, 0.4) is 0 Å². The van der Waals surface area contributed by atoms with Crippen molar-refractivity contribution in [1.29, 1.82) is 0 Å². The van der Waals surface area contributed by atoms with E-state index < -0.39 is 12.0 Å². The van der Waals surface area contributed by atoms with Crippen LogP contribution in [0.25, 0.3) is 0 Å². The minimum Gasteiger partial charge on any atom is -0.480 e. The van der Waals surface area contributed by atoms with E-state index in [0.29, 0.717) is 30.1 Å². The number of thiophene rings is 1. The van der Waals surface area contributed by atoms with Crippen LogP contribution in [-0.2, 0) is 16.0 Å². The van der Waals surface area contributed by atoms with E-state index in [9.17, 15) is 9.59 Å². The summed E-state index contributed by atoms with van der Waals surface area (Å²) in [4.78, 5) is 25.8. The SMILES string of the molecule is O=C(O)[C@@H]1CCCCN1C(=O)CCc1ccc(Cl)s1. The molecule has 1 aliphatic heterocycles. The molecule has 1 amide bonds. The first-order chi connectivity index (χ1) is 9.08. The average Bonchev–Trinajstić information content (AvgIpc) is 2.81. The van der Waals surface area contributed by atoms with Gasteiger partial charge in [-0.05, 0) is 37.8 Å². The van der Waals surface area contributed by atoms with Crippen LogP contribution in [0.15, 0.2) is 12.1 Å². The maximum Gasteiger partial charge on any atom is 0.326 e. The fourth-order valence-electron chi connectivity index (χ4n) is 2.35. The molecule has 0 aliphatic carbocycles. The van der Waals surface area contributed by atoms with Crippen molar-refractivity contribution in [2.75, 3.05) is 6.54 Å². The van der Waals surface area contributed by atoms with Crippen molar-refractivity contribution >= 4 is 34.8 Å². The van der Waals surface area contributed by atoms with Crippen molar-refractivity contribution < 1.29 is 14.7 Å². The van der Waals surface area contributed by atoms with Gasteiger partial charge < -0.3 is 10.0 Å². The smallest absolute Gasteiger partial charge is 0.326 e. The quantitative estimate of drug-likeness (QED) is 0.930.